The molecule has 0 radical (unpaired) electrons. The average molecular weight is 289 g/mol. The zero-order valence-corrected chi connectivity index (χ0v) is 9.86. The lowest BCUT2D eigenvalue weighted by atomic mass is 10.2. The molecule has 6 heteroatoms. The summed E-state index contributed by atoms with van der Waals surface area (Å²) in [6, 6.07) is 1.37. The molecule has 1 aromatic heterocycles. The van der Waals surface area contributed by atoms with Crippen LogP contribution < -0.4 is 5.56 Å². The Hall–Kier alpha value is -1.30. The molecule has 1 heterocycles. The Labute approximate surface area is 97.6 Å². The highest BCUT2D eigenvalue weighted by atomic mass is 79.9. The molecule has 0 aliphatic carbocycles. The summed E-state index contributed by atoms with van der Waals surface area (Å²) < 4.78 is 27.0. The van der Waals surface area contributed by atoms with E-state index in [4.69, 9.17) is 0 Å². The first-order chi connectivity index (χ1) is 7.54. The molecule has 0 aliphatic rings. The van der Waals surface area contributed by atoms with Gasteiger partial charge in [0.25, 0.3) is 5.56 Å². The Bertz CT molecular complexity index is 624. The van der Waals surface area contributed by atoms with Crippen molar-refractivity contribution >= 4 is 27.0 Å². The van der Waals surface area contributed by atoms with E-state index in [9.17, 15) is 13.6 Å². The van der Waals surface area contributed by atoms with Crippen molar-refractivity contribution in [1.82, 2.24) is 9.97 Å². The summed E-state index contributed by atoms with van der Waals surface area (Å²) in [6.07, 6.45) is 0. The normalized spacial score (nSPS) is 11.0. The number of fused-ring (bicyclic) bond motifs is 1. The van der Waals surface area contributed by atoms with Gasteiger partial charge in [0.1, 0.15) is 11.2 Å². The average Bonchev–Trinajstić information content (AvgIpc) is 2.26. The summed E-state index contributed by atoms with van der Waals surface area (Å²) in [6.45, 7) is 1.44. The fraction of sp³-hybridized carbons (Fsp3) is 0.200. The molecule has 1 N–H and O–H groups in total. The molecule has 0 bridgehead atoms. The fourth-order valence-corrected chi connectivity index (χ4v) is 1.81. The maximum atomic E-state index is 13.6. The van der Waals surface area contributed by atoms with E-state index in [1.165, 1.54) is 13.0 Å². The van der Waals surface area contributed by atoms with Crippen LogP contribution in [0.15, 0.2) is 10.9 Å². The van der Waals surface area contributed by atoms with Crippen LogP contribution >= 0.6 is 15.9 Å². The van der Waals surface area contributed by atoms with Gasteiger partial charge in [-0.05, 0) is 13.0 Å². The Kier molecular flexibility index (Phi) is 2.75. The minimum atomic E-state index is -1.04. The quantitative estimate of drug-likeness (QED) is 0.819. The molecule has 16 heavy (non-hydrogen) atoms. The van der Waals surface area contributed by atoms with Crippen molar-refractivity contribution in [3.63, 3.8) is 0 Å². The Morgan fingerprint density at radius 1 is 1.44 bits per heavy atom. The van der Waals surface area contributed by atoms with E-state index in [-0.39, 0.29) is 27.6 Å². The lowest BCUT2D eigenvalue weighted by molar-refractivity contribution is 0.509. The molecule has 0 aliphatic heterocycles. The van der Waals surface area contributed by atoms with Crippen LogP contribution in [0.4, 0.5) is 8.78 Å². The first-order valence-electron chi connectivity index (χ1n) is 4.48. The molecule has 0 spiro atoms. The number of aromatic nitrogens is 2. The van der Waals surface area contributed by atoms with Crippen molar-refractivity contribution in [3.8, 4) is 0 Å². The van der Waals surface area contributed by atoms with Crippen molar-refractivity contribution in [2.24, 2.45) is 0 Å². The molecule has 0 saturated heterocycles. The topological polar surface area (TPSA) is 45.8 Å². The zero-order chi connectivity index (χ0) is 11.9. The molecular formula is C10H7BrF2N2O. The molecule has 0 amide bonds. The zero-order valence-electron chi connectivity index (χ0n) is 8.27. The predicted octanol–water partition coefficient (Wildman–Crippen LogP) is 2.40. The third-order valence-corrected chi connectivity index (χ3v) is 2.86. The van der Waals surface area contributed by atoms with E-state index in [0.717, 1.165) is 0 Å². The Morgan fingerprint density at radius 2 is 2.12 bits per heavy atom. The number of nitrogens with one attached hydrogen (secondary N) is 1. The van der Waals surface area contributed by atoms with Crippen LogP contribution in [0.1, 0.15) is 11.3 Å². The summed E-state index contributed by atoms with van der Waals surface area (Å²) >= 11 is 3.04. The van der Waals surface area contributed by atoms with Crippen LogP contribution in [0.3, 0.4) is 0 Å². The summed E-state index contributed by atoms with van der Waals surface area (Å²) in [7, 11) is 0. The predicted molar refractivity (Wildman–Crippen MR) is 59.6 cm³/mol. The lowest BCUT2D eigenvalue weighted by Crippen LogP contribution is -2.13. The van der Waals surface area contributed by atoms with Gasteiger partial charge >= 0.3 is 0 Å². The standard InChI is InChI=1S/C10H7BrF2N2O/c1-4-10(16)15-6-2-5(3-11)7(12)8(13)9(6)14-4/h2H,3H2,1H3,(H,15,16). The van der Waals surface area contributed by atoms with Gasteiger partial charge in [-0.3, -0.25) is 4.79 Å². The van der Waals surface area contributed by atoms with Gasteiger partial charge in [-0.25, -0.2) is 13.8 Å². The minimum absolute atomic E-state index is 0.109. The minimum Gasteiger partial charge on any atom is -0.319 e. The fourth-order valence-electron chi connectivity index (χ4n) is 1.40. The highest BCUT2D eigenvalue weighted by Gasteiger charge is 2.15. The van der Waals surface area contributed by atoms with E-state index in [0.29, 0.717) is 0 Å². The number of rotatable bonds is 1. The second kappa shape index (κ2) is 3.93. The van der Waals surface area contributed by atoms with Gasteiger partial charge in [0, 0.05) is 10.9 Å². The van der Waals surface area contributed by atoms with Gasteiger partial charge in [0.15, 0.2) is 11.6 Å². The second-order valence-corrected chi connectivity index (χ2v) is 3.91. The van der Waals surface area contributed by atoms with E-state index < -0.39 is 17.2 Å². The van der Waals surface area contributed by atoms with E-state index in [1.807, 2.05) is 0 Å². The van der Waals surface area contributed by atoms with Crippen LogP contribution in [0.5, 0.6) is 0 Å². The number of H-pyrrole nitrogens is 1. The van der Waals surface area contributed by atoms with Crippen LogP contribution in [0.25, 0.3) is 11.0 Å². The van der Waals surface area contributed by atoms with Crippen LogP contribution in [-0.4, -0.2) is 9.97 Å². The number of aryl methyl sites for hydroxylation is 1. The van der Waals surface area contributed by atoms with Gasteiger partial charge in [0.05, 0.1) is 5.52 Å². The molecule has 1 aromatic carbocycles. The van der Waals surface area contributed by atoms with E-state index in [2.05, 4.69) is 25.9 Å². The molecule has 0 unspecified atom stereocenters. The lowest BCUT2D eigenvalue weighted by Gasteiger charge is -2.05. The maximum Gasteiger partial charge on any atom is 0.269 e. The molecule has 2 aromatic rings. The highest BCUT2D eigenvalue weighted by Crippen LogP contribution is 2.21. The summed E-state index contributed by atoms with van der Waals surface area (Å²) in [5.41, 5.74) is -0.106. The number of alkyl halides is 1. The molecular weight excluding hydrogens is 282 g/mol. The number of hydrogen-bond acceptors (Lipinski definition) is 2. The number of hydrogen-bond donors (Lipinski definition) is 1. The van der Waals surface area contributed by atoms with Crippen LogP contribution in [-0.2, 0) is 5.33 Å². The molecule has 3 nitrogen and oxygen atoms in total. The number of aromatic amines is 1. The van der Waals surface area contributed by atoms with E-state index in [1.54, 1.807) is 0 Å². The molecule has 0 fully saturated rings. The van der Waals surface area contributed by atoms with Gasteiger partial charge < -0.3 is 4.98 Å². The Balaban J connectivity index is 2.93. The third-order valence-electron chi connectivity index (χ3n) is 2.26. The summed E-state index contributed by atoms with van der Waals surface area (Å²) in [5.74, 6) is -1.98. The van der Waals surface area contributed by atoms with Gasteiger partial charge in [-0.1, -0.05) is 15.9 Å². The van der Waals surface area contributed by atoms with Crippen LogP contribution in [0.2, 0.25) is 0 Å². The molecule has 0 atom stereocenters. The second-order valence-electron chi connectivity index (χ2n) is 3.34. The van der Waals surface area contributed by atoms with Gasteiger partial charge in [0.2, 0.25) is 0 Å². The number of benzene rings is 1. The van der Waals surface area contributed by atoms with Gasteiger partial charge in [-0.15, -0.1) is 0 Å². The van der Waals surface area contributed by atoms with Crippen molar-refractivity contribution in [3.05, 3.63) is 39.3 Å². The van der Waals surface area contributed by atoms with E-state index >= 15 is 0 Å². The van der Waals surface area contributed by atoms with Gasteiger partial charge in [-0.2, -0.15) is 0 Å². The monoisotopic (exact) mass is 288 g/mol. The SMILES string of the molecule is Cc1nc2c(F)c(F)c(CBr)cc2[nH]c1=O. The first kappa shape index (κ1) is 11.2. The summed E-state index contributed by atoms with van der Waals surface area (Å²) in [4.78, 5) is 17.5. The maximum absolute atomic E-state index is 13.6. The molecule has 0 saturated carbocycles. The molecule has 84 valence electrons. The van der Waals surface area contributed by atoms with Crippen molar-refractivity contribution in [2.75, 3.05) is 0 Å². The number of nitrogens with zero attached hydrogens (tertiary/aromatic N) is 1. The largest absolute Gasteiger partial charge is 0.319 e. The first-order valence-corrected chi connectivity index (χ1v) is 5.60. The highest BCUT2D eigenvalue weighted by molar-refractivity contribution is 9.08. The third kappa shape index (κ3) is 1.63. The smallest absolute Gasteiger partial charge is 0.269 e. The number of halogens is 3. The van der Waals surface area contributed by atoms with Crippen molar-refractivity contribution in [1.29, 1.82) is 0 Å². The van der Waals surface area contributed by atoms with Crippen molar-refractivity contribution < 1.29 is 8.78 Å². The van der Waals surface area contributed by atoms with Crippen molar-refractivity contribution in [2.45, 2.75) is 12.3 Å². The summed E-state index contributed by atoms with van der Waals surface area (Å²) in [5, 5.41) is 0.168. The Morgan fingerprint density at radius 3 is 2.75 bits per heavy atom. The van der Waals surface area contributed by atoms with Crippen LogP contribution in [0, 0.1) is 18.6 Å². The molecule has 2 rings (SSSR count).